The number of ether oxygens (including phenoxy) is 1. The average Bonchev–Trinajstić information content (AvgIpc) is 3.36. The first-order chi connectivity index (χ1) is 16.2. The quantitative estimate of drug-likeness (QED) is 0.434. The summed E-state index contributed by atoms with van der Waals surface area (Å²) in [7, 11) is -3.37. The van der Waals surface area contributed by atoms with Gasteiger partial charge in [-0.1, -0.05) is 12.1 Å². The molecule has 0 saturated carbocycles. The van der Waals surface area contributed by atoms with Crippen molar-refractivity contribution in [1.29, 1.82) is 0 Å². The number of hydrogen-bond acceptors (Lipinski definition) is 6. The number of aryl methyl sites for hydroxylation is 2. The van der Waals surface area contributed by atoms with Crippen molar-refractivity contribution in [2.45, 2.75) is 45.4 Å². The normalized spacial score (nSPS) is 15.2. The number of aliphatic carboxylic acids is 1. The molecule has 1 aliphatic rings. The van der Waals surface area contributed by atoms with Gasteiger partial charge in [-0.25, -0.2) is 13.4 Å². The number of carboxylic acids is 1. The van der Waals surface area contributed by atoms with E-state index in [1.807, 2.05) is 31.2 Å². The number of nitrogens with one attached hydrogen (secondary N) is 1. The van der Waals surface area contributed by atoms with Crippen molar-refractivity contribution in [3.63, 3.8) is 0 Å². The molecule has 2 N–H and O–H groups in total. The molecule has 0 spiro atoms. The Morgan fingerprint density at radius 2 is 2.09 bits per heavy atom. The number of fused-ring (bicyclic) bond motifs is 1. The molecule has 0 saturated heterocycles. The molecule has 0 unspecified atom stereocenters. The van der Waals surface area contributed by atoms with Crippen molar-refractivity contribution < 1.29 is 27.5 Å². The highest BCUT2D eigenvalue weighted by atomic mass is 32.2. The molecule has 1 atom stereocenters. The van der Waals surface area contributed by atoms with Crippen LogP contribution in [0.4, 0.5) is 5.69 Å². The van der Waals surface area contributed by atoms with Crippen LogP contribution in [0.2, 0.25) is 0 Å². The summed E-state index contributed by atoms with van der Waals surface area (Å²) in [5.41, 5.74) is 4.18. The molecule has 9 heteroatoms. The minimum atomic E-state index is -3.37. The van der Waals surface area contributed by atoms with Crippen LogP contribution < -0.4 is 9.46 Å². The van der Waals surface area contributed by atoms with E-state index in [9.17, 15) is 13.2 Å². The van der Waals surface area contributed by atoms with Gasteiger partial charge in [0, 0.05) is 17.7 Å². The fraction of sp³-hybridized carbons (Fsp3) is 0.360. The number of sulfonamides is 1. The summed E-state index contributed by atoms with van der Waals surface area (Å²) >= 11 is 0. The minimum absolute atomic E-state index is 0.00732. The van der Waals surface area contributed by atoms with E-state index in [2.05, 4.69) is 9.71 Å². The zero-order valence-corrected chi connectivity index (χ0v) is 20.0. The lowest BCUT2D eigenvalue weighted by molar-refractivity contribution is -0.137. The second kappa shape index (κ2) is 9.89. The number of anilines is 1. The van der Waals surface area contributed by atoms with Crippen molar-refractivity contribution in [3.8, 4) is 17.2 Å². The Balaban J connectivity index is 1.39. The minimum Gasteiger partial charge on any atom is -0.493 e. The molecular formula is C25H28N2O6S. The zero-order chi connectivity index (χ0) is 24.3. The van der Waals surface area contributed by atoms with E-state index in [4.69, 9.17) is 14.3 Å². The van der Waals surface area contributed by atoms with Gasteiger partial charge in [0.15, 0.2) is 0 Å². The standard InChI is InChI=1S/C25H28N2O6S/c1-3-34(30,31)27-20-6-4-5-19(13-20)25-26-23(16(2)33-25)11-12-32-21-9-10-22-17(14-21)7-8-18(22)15-24(28)29/h4-6,9-10,13-14,18,27H,3,7-8,11-12,15H2,1-2H3,(H,28,29)/t18-/m0/s1. The van der Waals surface area contributed by atoms with Gasteiger partial charge < -0.3 is 14.3 Å². The van der Waals surface area contributed by atoms with Crippen molar-refractivity contribution in [2.75, 3.05) is 17.1 Å². The zero-order valence-electron chi connectivity index (χ0n) is 19.2. The lowest BCUT2D eigenvalue weighted by Crippen LogP contribution is -2.14. The van der Waals surface area contributed by atoms with E-state index in [0.717, 1.165) is 35.4 Å². The first kappa shape index (κ1) is 23.8. The van der Waals surface area contributed by atoms with Crippen LogP contribution in [0.25, 0.3) is 11.5 Å². The smallest absolute Gasteiger partial charge is 0.303 e. The molecule has 180 valence electrons. The average molecular weight is 485 g/mol. The number of hydrogen-bond donors (Lipinski definition) is 2. The van der Waals surface area contributed by atoms with Crippen molar-refractivity contribution in [2.24, 2.45) is 0 Å². The maximum Gasteiger partial charge on any atom is 0.303 e. The van der Waals surface area contributed by atoms with Gasteiger partial charge in [-0.15, -0.1) is 0 Å². The van der Waals surface area contributed by atoms with Crippen molar-refractivity contribution in [3.05, 3.63) is 65.0 Å². The maximum atomic E-state index is 11.8. The number of aromatic nitrogens is 1. The summed E-state index contributed by atoms with van der Waals surface area (Å²) in [6.07, 6.45) is 2.43. The molecule has 0 radical (unpaired) electrons. The number of nitrogens with zero attached hydrogens (tertiary/aromatic N) is 1. The Kier molecular flexibility index (Phi) is 6.92. The number of benzene rings is 2. The third kappa shape index (κ3) is 5.59. The van der Waals surface area contributed by atoms with Crippen molar-refractivity contribution >= 4 is 21.7 Å². The molecule has 1 heterocycles. The molecule has 3 aromatic rings. The van der Waals surface area contributed by atoms with Crippen LogP contribution in [0.1, 0.15) is 48.3 Å². The Bertz CT molecular complexity index is 1300. The fourth-order valence-corrected chi connectivity index (χ4v) is 4.84. The summed E-state index contributed by atoms with van der Waals surface area (Å²) in [5, 5.41) is 9.08. The molecule has 0 fully saturated rings. The van der Waals surface area contributed by atoms with Gasteiger partial charge in [0.05, 0.1) is 24.5 Å². The number of carboxylic acid groups (broad SMARTS) is 1. The molecule has 0 amide bonds. The van der Waals surface area contributed by atoms with Gasteiger partial charge in [0.2, 0.25) is 15.9 Å². The summed E-state index contributed by atoms with van der Waals surface area (Å²) in [5.74, 6) is 1.16. The molecule has 34 heavy (non-hydrogen) atoms. The fourth-order valence-electron chi connectivity index (χ4n) is 4.21. The second-order valence-electron chi connectivity index (χ2n) is 8.40. The molecule has 8 nitrogen and oxygen atoms in total. The Morgan fingerprint density at radius 1 is 1.26 bits per heavy atom. The highest BCUT2D eigenvalue weighted by Gasteiger charge is 2.25. The predicted octanol–water partition coefficient (Wildman–Crippen LogP) is 4.54. The second-order valence-corrected chi connectivity index (χ2v) is 10.4. The summed E-state index contributed by atoms with van der Waals surface area (Å²) in [6.45, 7) is 3.84. The van der Waals surface area contributed by atoms with Crippen LogP contribution in [-0.4, -0.2) is 36.8 Å². The van der Waals surface area contributed by atoms with Gasteiger partial charge in [-0.3, -0.25) is 9.52 Å². The van der Waals surface area contributed by atoms with Crippen LogP contribution in [0.5, 0.6) is 5.75 Å². The predicted molar refractivity (Wildman–Crippen MR) is 129 cm³/mol. The lowest BCUT2D eigenvalue weighted by Gasteiger charge is -2.10. The largest absolute Gasteiger partial charge is 0.493 e. The van der Waals surface area contributed by atoms with Gasteiger partial charge in [-0.2, -0.15) is 0 Å². The summed E-state index contributed by atoms with van der Waals surface area (Å²) in [6, 6.07) is 12.8. The van der Waals surface area contributed by atoms with Crippen LogP contribution in [0, 0.1) is 6.92 Å². The van der Waals surface area contributed by atoms with E-state index >= 15 is 0 Å². The lowest BCUT2D eigenvalue weighted by atomic mass is 9.98. The molecule has 4 rings (SSSR count). The Morgan fingerprint density at radius 3 is 2.85 bits per heavy atom. The third-order valence-electron chi connectivity index (χ3n) is 6.00. The van der Waals surface area contributed by atoms with Crippen LogP contribution in [0.3, 0.4) is 0 Å². The molecule has 2 aromatic carbocycles. The van der Waals surface area contributed by atoms with Gasteiger partial charge in [-0.05, 0) is 74.1 Å². The number of rotatable bonds is 10. The van der Waals surface area contributed by atoms with Crippen LogP contribution in [-0.2, 0) is 27.7 Å². The van der Waals surface area contributed by atoms with Crippen LogP contribution >= 0.6 is 0 Å². The number of carbonyl (C=O) groups is 1. The highest BCUT2D eigenvalue weighted by molar-refractivity contribution is 7.92. The monoisotopic (exact) mass is 484 g/mol. The van der Waals surface area contributed by atoms with E-state index in [1.165, 1.54) is 0 Å². The van der Waals surface area contributed by atoms with Crippen molar-refractivity contribution in [1.82, 2.24) is 4.98 Å². The molecule has 0 bridgehead atoms. The van der Waals surface area contributed by atoms with E-state index in [0.29, 0.717) is 35.9 Å². The first-order valence-electron chi connectivity index (χ1n) is 11.3. The molecule has 1 aliphatic carbocycles. The van der Waals surface area contributed by atoms with Gasteiger partial charge in [0.25, 0.3) is 0 Å². The Labute approximate surface area is 199 Å². The maximum absolute atomic E-state index is 11.8. The Hall–Kier alpha value is -3.33. The van der Waals surface area contributed by atoms with E-state index < -0.39 is 16.0 Å². The van der Waals surface area contributed by atoms with Gasteiger partial charge in [0.1, 0.15) is 11.5 Å². The van der Waals surface area contributed by atoms with E-state index in [-0.39, 0.29) is 18.1 Å². The van der Waals surface area contributed by atoms with Gasteiger partial charge >= 0.3 is 5.97 Å². The highest BCUT2D eigenvalue weighted by Crippen LogP contribution is 2.37. The third-order valence-corrected chi connectivity index (χ3v) is 7.31. The van der Waals surface area contributed by atoms with Crippen LogP contribution in [0.15, 0.2) is 46.9 Å². The SMILES string of the molecule is CCS(=O)(=O)Nc1cccc(-c2nc(CCOc3ccc4c(c3)CC[C@H]4CC(=O)O)c(C)o2)c1. The number of oxazole rings is 1. The topological polar surface area (TPSA) is 119 Å². The summed E-state index contributed by atoms with van der Waals surface area (Å²) in [4.78, 5) is 15.6. The first-order valence-corrected chi connectivity index (χ1v) is 12.9. The molecule has 0 aliphatic heterocycles. The molecule has 1 aromatic heterocycles. The van der Waals surface area contributed by atoms with E-state index in [1.54, 1.807) is 25.1 Å². The molecular weight excluding hydrogens is 456 g/mol. The summed E-state index contributed by atoms with van der Waals surface area (Å²) < 4.78 is 38.0.